The summed E-state index contributed by atoms with van der Waals surface area (Å²) in [6, 6.07) is 51.6. The molecule has 0 aliphatic carbocycles. The Balaban J connectivity index is 1.59. The molecule has 0 unspecified atom stereocenters. The van der Waals surface area contributed by atoms with Crippen LogP contribution in [-0.2, 0) is 11.2 Å². The van der Waals surface area contributed by atoms with Crippen LogP contribution in [0.1, 0.15) is 5.56 Å². The molecule has 5 rings (SSSR count). The van der Waals surface area contributed by atoms with Gasteiger partial charge in [0.2, 0.25) is 0 Å². The smallest absolute Gasteiger partial charge is 0.321 e. The topological polar surface area (TPSA) is 40.5 Å². The van der Waals surface area contributed by atoms with E-state index in [9.17, 15) is 9.90 Å². The van der Waals surface area contributed by atoms with E-state index in [-0.39, 0.29) is 0 Å². The Morgan fingerprint density at radius 2 is 0.825 bits per heavy atom. The molecular formula is C35H33NO2P2. The number of hydrogen-bond acceptors (Lipinski definition) is 2. The highest BCUT2D eigenvalue weighted by Gasteiger charge is 2.32. The average molecular weight is 562 g/mol. The normalized spacial score (nSPS) is 12.1. The third-order valence-electron chi connectivity index (χ3n) is 6.92. The van der Waals surface area contributed by atoms with E-state index in [1.807, 2.05) is 54.6 Å². The van der Waals surface area contributed by atoms with Gasteiger partial charge >= 0.3 is 5.97 Å². The first-order valence-corrected chi connectivity index (χ1v) is 16.5. The Hall–Kier alpha value is -3.61. The van der Waals surface area contributed by atoms with Gasteiger partial charge in [0, 0.05) is 12.6 Å². The molecular weight excluding hydrogens is 528 g/mol. The van der Waals surface area contributed by atoms with Crippen LogP contribution in [0.5, 0.6) is 0 Å². The molecule has 0 amide bonds. The zero-order valence-electron chi connectivity index (χ0n) is 22.3. The molecule has 0 aliphatic heterocycles. The van der Waals surface area contributed by atoms with Crippen LogP contribution >= 0.6 is 15.8 Å². The standard InChI is InChI=1S/C35H33NO2P2/c37-35(38)34(26-29-16-6-1-7-17-29)36(27-39(30-18-8-2-9-19-30)31-20-10-3-11-21-31)28-40(32-22-12-4-13-23-32)33-24-14-5-15-25-33/h1-25,34H,26-28H2,(H,37,38)/t34-/m0/s1. The highest BCUT2D eigenvalue weighted by atomic mass is 31.1. The summed E-state index contributed by atoms with van der Waals surface area (Å²) >= 11 is 0. The summed E-state index contributed by atoms with van der Waals surface area (Å²) in [5.41, 5.74) is 1.03. The predicted octanol–water partition coefficient (Wildman–Crippen LogP) is 6.17. The minimum Gasteiger partial charge on any atom is -0.480 e. The highest BCUT2D eigenvalue weighted by Crippen LogP contribution is 2.40. The van der Waals surface area contributed by atoms with Crippen LogP contribution in [0.15, 0.2) is 152 Å². The van der Waals surface area contributed by atoms with Crippen LogP contribution in [0.3, 0.4) is 0 Å². The molecule has 40 heavy (non-hydrogen) atoms. The van der Waals surface area contributed by atoms with Gasteiger partial charge in [0.25, 0.3) is 0 Å². The Morgan fingerprint density at radius 1 is 0.525 bits per heavy atom. The fourth-order valence-corrected chi connectivity index (χ4v) is 9.73. The second-order valence-electron chi connectivity index (χ2n) is 9.61. The van der Waals surface area contributed by atoms with E-state index in [1.165, 1.54) is 21.2 Å². The SMILES string of the molecule is O=C(O)[C@H](Cc1ccccc1)N(CP(c1ccccc1)c1ccccc1)CP(c1ccccc1)c1ccccc1. The lowest BCUT2D eigenvalue weighted by Crippen LogP contribution is -2.45. The van der Waals surface area contributed by atoms with Crippen molar-refractivity contribution < 1.29 is 9.90 Å². The fraction of sp³-hybridized carbons (Fsp3) is 0.114. The molecule has 1 atom stereocenters. The van der Waals surface area contributed by atoms with Gasteiger partial charge in [-0.05, 0) is 49.0 Å². The van der Waals surface area contributed by atoms with Gasteiger partial charge in [-0.25, -0.2) is 0 Å². The highest BCUT2D eigenvalue weighted by molar-refractivity contribution is 7.73. The molecule has 0 saturated carbocycles. The van der Waals surface area contributed by atoms with Crippen molar-refractivity contribution in [3.8, 4) is 0 Å². The number of rotatable bonds is 12. The second-order valence-corrected chi connectivity index (χ2v) is 14.0. The maximum Gasteiger partial charge on any atom is 0.321 e. The third kappa shape index (κ3) is 7.32. The van der Waals surface area contributed by atoms with Crippen molar-refractivity contribution in [3.05, 3.63) is 157 Å². The number of nitrogens with zero attached hydrogens (tertiary/aromatic N) is 1. The molecule has 0 heterocycles. The number of carbonyl (C=O) groups is 1. The molecule has 0 aliphatic rings. The fourth-order valence-electron chi connectivity index (χ4n) is 4.87. The molecule has 3 nitrogen and oxygen atoms in total. The average Bonchev–Trinajstić information content (AvgIpc) is 3.02. The zero-order valence-corrected chi connectivity index (χ0v) is 24.1. The van der Waals surface area contributed by atoms with Gasteiger partial charge in [0.15, 0.2) is 0 Å². The van der Waals surface area contributed by atoms with E-state index in [0.717, 1.165) is 5.56 Å². The lowest BCUT2D eigenvalue weighted by molar-refractivity contribution is -0.142. The number of carboxylic acids is 1. The molecule has 0 radical (unpaired) electrons. The summed E-state index contributed by atoms with van der Waals surface area (Å²) in [6.45, 7) is 0. The van der Waals surface area contributed by atoms with E-state index in [2.05, 4.69) is 102 Å². The summed E-state index contributed by atoms with van der Waals surface area (Å²) < 4.78 is 0. The lowest BCUT2D eigenvalue weighted by atomic mass is 10.1. The lowest BCUT2D eigenvalue weighted by Gasteiger charge is -2.36. The third-order valence-corrected chi connectivity index (χ3v) is 11.9. The summed E-state index contributed by atoms with van der Waals surface area (Å²) in [7, 11) is -1.64. The Morgan fingerprint density at radius 3 is 1.12 bits per heavy atom. The maximum atomic E-state index is 13.0. The molecule has 5 heteroatoms. The van der Waals surface area contributed by atoms with Gasteiger partial charge in [-0.2, -0.15) is 0 Å². The van der Waals surface area contributed by atoms with E-state index in [1.54, 1.807) is 0 Å². The van der Waals surface area contributed by atoms with Crippen molar-refractivity contribution in [2.45, 2.75) is 12.5 Å². The van der Waals surface area contributed by atoms with Gasteiger partial charge in [-0.3, -0.25) is 9.69 Å². The number of aliphatic carboxylic acids is 1. The molecule has 200 valence electrons. The minimum absolute atomic E-state index is 0.454. The van der Waals surface area contributed by atoms with Crippen molar-refractivity contribution in [1.29, 1.82) is 0 Å². The van der Waals surface area contributed by atoms with Gasteiger partial charge in [0.1, 0.15) is 6.04 Å². The van der Waals surface area contributed by atoms with Crippen molar-refractivity contribution in [2.75, 3.05) is 12.6 Å². The summed E-state index contributed by atoms with van der Waals surface area (Å²) in [5, 5.41) is 15.7. The quantitative estimate of drug-likeness (QED) is 0.186. The van der Waals surface area contributed by atoms with Gasteiger partial charge in [-0.1, -0.05) is 152 Å². The van der Waals surface area contributed by atoms with Crippen molar-refractivity contribution in [2.24, 2.45) is 0 Å². The second kappa shape index (κ2) is 14.1. The number of carboxylic acid groups (broad SMARTS) is 1. The molecule has 5 aromatic rings. The Kier molecular flexibility index (Phi) is 9.88. The monoisotopic (exact) mass is 561 g/mol. The Bertz CT molecular complexity index is 1290. The Labute approximate surface area is 239 Å². The molecule has 0 aromatic heterocycles. The molecule has 1 N–H and O–H groups in total. The zero-order chi connectivity index (χ0) is 27.6. The van der Waals surface area contributed by atoms with Crippen LogP contribution < -0.4 is 21.2 Å². The first-order chi connectivity index (χ1) is 19.7. The first kappa shape index (κ1) is 27.9. The van der Waals surface area contributed by atoms with Gasteiger partial charge in [0.05, 0.1) is 0 Å². The van der Waals surface area contributed by atoms with Gasteiger partial charge < -0.3 is 5.11 Å². The largest absolute Gasteiger partial charge is 0.480 e. The first-order valence-electron chi connectivity index (χ1n) is 13.4. The van der Waals surface area contributed by atoms with Crippen LogP contribution in [0.2, 0.25) is 0 Å². The maximum absolute atomic E-state index is 13.0. The van der Waals surface area contributed by atoms with Gasteiger partial charge in [-0.15, -0.1) is 0 Å². The van der Waals surface area contributed by atoms with Crippen LogP contribution in [0.25, 0.3) is 0 Å². The summed E-state index contributed by atoms with van der Waals surface area (Å²) in [6.07, 6.45) is 1.77. The van der Waals surface area contributed by atoms with E-state index < -0.39 is 27.9 Å². The van der Waals surface area contributed by atoms with Crippen LogP contribution in [-0.4, -0.2) is 34.6 Å². The minimum atomic E-state index is -0.818. The van der Waals surface area contributed by atoms with Crippen molar-refractivity contribution in [3.63, 3.8) is 0 Å². The van der Waals surface area contributed by atoms with E-state index in [0.29, 0.717) is 19.0 Å². The van der Waals surface area contributed by atoms with E-state index >= 15 is 0 Å². The molecule has 0 bridgehead atoms. The molecule has 5 aromatic carbocycles. The van der Waals surface area contributed by atoms with Crippen molar-refractivity contribution in [1.82, 2.24) is 4.90 Å². The molecule has 0 saturated heterocycles. The number of benzene rings is 5. The predicted molar refractivity (Wildman–Crippen MR) is 171 cm³/mol. The summed E-state index contributed by atoms with van der Waals surface area (Å²) in [5.74, 6) is -0.781. The summed E-state index contributed by atoms with van der Waals surface area (Å²) in [4.78, 5) is 15.3. The van der Waals surface area contributed by atoms with E-state index in [4.69, 9.17) is 0 Å². The molecule has 0 spiro atoms. The van der Waals surface area contributed by atoms with Crippen LogP contribution in [0, 0.1) is 0 Å². The van der Waals surface area contributed by atoms with Crippen LogP contribution in [0.4, 0.5) is 0 Å². The van der Waals surface area contributed by atoms with Crippen molar-refractivity contribution >= 4 is 43.0 Å². The number of hydrogen-bond donors (Lipinski definition) is 1. The molecule has 0 fully saturated rings.